The van der Waals surface area contributed by atoms with Crippen molar-refractivity contribution in [3.05, 3.63) is 48.2 Å². The Morgan fingerprint density at radius 3 is 2.81 bits per heavy atom. The number of carbonyl (C=O) groups is 1. The molecule has 3 aromatic rings. The van der Waals surface area contributed by atoms with Gasteiger partial charge in [0.05, 0.1) is 18.5 Å². The van der Waals surface area contributed by atoms with Crippen molar-refractivity contribution in [3.8, 4) is 17.1 Å². The highest BCUT2D eigenvalue weighted by Crippen LogP contribution is 2.30. The number of benzene rings is 1. The van der Waals surface area contributed by atoms with Gasteiger partial charge in [0.1, 0.15) is 17.3 Å². The molecule has 0 saturated carbocycles. The molecule has 1 aliphatic heterocycles. The van der Waals surface area contributed by atoms with Gasteiger partial charge in [0.25, 0.3) is 0 Å². The molecule has 3 heterocycles. The van der Waals surface area contributed by atoms with Crippen LogP contribution < -0.4 is 15.0 Å². The molecule has 0 bridgehead atoms. The molecule has 2 aromatic heterocycles. The average molecular weight is 365 g/mol. The molecule has 0 unspecified atom stereocenters. The zero-order valence-corrected chi connectivity index (χ0v) is 15.8. The predicted octanol–water partition coefficient (Wildman–Crippen LogP) is 3.65. The molecule has 1 aliphatic rings. The van der Waals surface area contributed by atoms with Crippen molar-refractivity contribution < 1.29 is 9.53 Å². The summed E-state index contributed by atoms with van der Waals surface area (Å²) in [7, 11) is 3.59. The molecule has 2 amide bonds. The average Bonchev–Trinajstić information content (AvgIpc) is 3.27. The molecule has 27 heavy (non-hydrogen) atoms. The first-order valence-electron chi connectivity index (χ1n) is 8.99. The van der Waals surface area contributed by atoms with Crippen molar-refractivity contribution in [1.29, 1.82) is 0 Å². The summed E-state index contributed by atoms with van der Waals surface area (Å²) in [6.45, 7) is 3.44. The summed E-state index contributed by atoms with van der Waals surface area (Å²) in [6.07, 6.45) is 2.85. The number of nitrogens with one attached hydrogen (secondary N) is 1. The number of aryl methyl sites for hydroxylation is 3. The number of ether oxygens (including phenoxy) is 1. The van der Waals surface area contributed by atoms with Crippen molar-refractivity contribution >= 4 is 17.5 Å². The second kappa shape index (κ2) is 6.83. The third-order valence-corrected chi connectivity index (χ3v) is 4.83. The molecule has 0 aliphatic carbocycles. The van der Waals surface area contributed by atoms with Gasteiger partial charge in [-0.2, -0.15) is 5.10 Å². The Bertz CT molecular complexity index is 988. The third kappa shape index (κ3) is 3.16. The minimum Gasteiger partial charge on any atom is -0.495 e. The molecular weight excluding hydrogens is 342 g/mol. The Labute approximate surface area is 158 Å². The quantitative estimate of drug-likeness (QED) is 0.771. The molecule has 0 fully saturated rings. The van der Waals surface area contributed by atoms with Crippen LogP contribution in [-0.2, 0) is 13.6 Å². The lowest BCUT2D eigenvalue weighted by Gasteiger charge is -2.27. The maximum Gasteiger partial charge on any atom is 0.327 e. The highest BCUT2D eigenvalue weighted by Gasteiger charge is 2.26. The third-order valence-electron chi connectivity index (χ3n) is 4.83. The van der Waals surface area contributed by atoms with E-state index in [-0.39, 0.29) is 6.03 Å². The van der Waals surface area contributed by atoms with E-state index in [0.717, 1.165) is 35.7 Å². The van der Waals surface area contributed by atoms with Gasteiger partial charge in [-0.3, -0.25) is 4.90 Å². The van der Waals surface area contributed by atoms with Crippen LogP contribution in [0.5, 0.6) is 5.75 Å². The number of aromatic nitrogens is 3. The number of fused-ring (bicyclic) bond motifs is 1. The van der Waals surface area contributed by atoms with Crippen molar-refractivity contribution in [2.45, 2.75) is 19.9 Å². The second-order valence-electron chi connectivity index (χ2n) is 6.75. The standard InChI is InChI=1S/C20H23N5O2/c1-14-7-8-18(27-3)16(12-14)21-20(26)24-10-5-11-25-19(24)13-15(22-25)17-6-4-9-23(17)2/h4,6-9,12-13H,5,10-11H2,1-3H3,(H,21,26). The zero-order valence-electron chi connectivity index (χ0n) is 15.8. The second-order valence-corrected chi connectivity index (χ2v) is 6.75. The zero-order chi connectivity index (χ0) is 19.0. The molecular formula is C20H23N5O2. The normalized spacial score (nSPS) is 13.4. The smallest absolute Gasteiger partial charge is 0.327 e. The lowest BCUT2D eigenvalue weighted by Crippen LogP contribution is -2.40. The Hall–Kier alpha value is -3.22. The fourth-order valence-corrected chi connectivity index (χ4v) is 3.44. The summed E-state index contributed by atoms with van der Waals surface area (Å²) in [5, 5.41) is 7.68. The monoisotopic (exact) mass is 365 g/mol. The molecule has 0 radical (unpaired) electrons. The van der Waals surface area contributed by atoms with Gasteiger partial charge in [0.2, 0.25) is 0 Å². The van der Waals surface area contributed by atoms with Gasteiger partial charge in [-0.1, -0.05) is 6.07 Å². The Balaban J connectivity index is 1.63. The highest BCUT2D eigenvalue weighted by atomic mass is 16.5. The van der Waals surface area contributed by atoms with E-state index in [2.05, 4.69) is 5.32 Å². The van der Waals surface area contributed by atoms with Crippen LogP contribution in [0.4, 0.5) is 16.3 Å². The van der Waals surface area contributed by atoms with E-state index >= 15 is 0 Å². The van der Waals surface area contributed by atoms with Crippen LogP contribution in [0.3, 0.4) is 0 Å². The Morgan fingerprint density at radius 2 is 2.07 bits per heavy atom. The van der Waals surface area contributed by atoms with E-state index < -0.39 is 0 Å². The number of carbonyl (C=O) groups excluding carboxylic acids is 1. The fraction of sp³-hybridized carbons (Fsp3) is 0.300. The van der Waals surface area contributed by atoms with Crippen molar-refractivity contribution in [2.24, 2.45) is 7.05 Å². The van der Waals surface area contributed by atoms with Crippen LogP contribution in [0, 0.1) is 6.92 Å². The summed E-state index contributed by atoms with van der Waals surface area (Å²) in [4.78, 5) is 14.7. The number of hydrogen-bond acceptors (Lipinski definition) is 3. The van der Waals surface area contributed by atoms with E-state index in [1.807, 2.05) is 65.8 Å². The number of anilines is 2. The highest BCUT2D eigenvalue weighted by molar-refractivity contribution is 6.02. The van der Waals surface area contributed by atoms with Crippen LogP contribution in [0.1, 0.15) is 12.0 Å². The van der Waals surface area contributed by atoms with Crippen molar-refractivity contribution in [3.63, 3.8) is 0 Å². The molecule has 0 saturated heterocycles. The minimum absolute atomic E-state index is 0.182. The number of urea groups is 1. The van der Waals surface area contributed by atoms with Gasteiger partial charge >= 0.3 is 6.03 Å². The van der Waals surface area contributed by atoms with Crippen LogP contribution in [0.2, 0.25) is 0 Å². The number of nitrogens with zero attached hydrogens (tertiary/aromatic N) is 4. The minimum atomic E-state index is -0.182. The molecule has 4 rings (SSSR count). The van der Waals surface area contributed by atoms with Crippen LogP contribution >= 0.6 is 0 Å². The lowest BCUT2D eigenvalue weighted by molar-refractivity contribution is 0.255. The first-order valence-corrected chi connectivity index (χ1v) is 8.99. The van der Waals surface area contributed by atoms with Crippen LogP contribution in [0.15, 0.2) is 42.6 Å². The van der Waals surface area contributed by atoms with Gasteiger partial charge < -0.3 is 14.6 Å². The van der Waals surface area contributed by atoms with Gasteiger partial charge in [-0.15, -0.1) is 0 Å². The molecule has 0 atom stereocenters. The maximum absolute atomic E-state index is 13.0. The van der Waals surface area contributed by atoms with Gasteiger partial charge in [-0.05, 0) is 43.2 Å². The number of methoxy groups -OCH3 is 1. The summed E-state index contributed by atoms with van der Waals surface area (Å²) in [6, 6.07) is 11.5. The van der Waals surface area contributed by atoms with Gasteiger partial charge in [-0.25, -0.2) is 9.48 Å². The topological polar surface area (TPSA) is 64.3 Å². The maximum atomic E-state index is 13.0. The number of rotatable bonds is 3. The SMILES string of the molecule is COc1ccc(C)cc1NC(=O)N1CCCn2nc(-c3cccn3C)cc21. The molecule has 1 N–H and O–H groups in total. The van der Waals surface area contributed by atoms with Crippen molar-refractivity contribution in [2.75, 3.05) is 23.9 Å². The first kappa shape index (κ1) is 17.2. The molecule has 1 aromatic carbocycles. The van der Waals surface area contributed by atoms with Gasteiger partial charge in [0.15, 0.2) is 0 Å². The molecule has 0 spiro atoms. The Morgan fingerprint density at radius 1 is 1.22 bits per heavy atom. The molecule has 140 valence electrons. The van der Waals surface area contributed by atoms with Gasteiger partial charge in [0, 0.05) is 32.4 Å². The summed E-state index contributed by atoms with van der Waals surface area (Å²) < 4.78 is 9.30. The van der Waals surface area contributed by atoms with E-state index in [1.165, 1.54) is 0 Å². The Kier molecular flexibility index (Phi) is 4.35. The van der Waals surface area contributed by atoms with E-state index in [4.69, 9.17) is 9.84 Å². The van der Waals surface area contributed by atoms with E-state index in [9.17, 15) is 4.79 Å². The van der Waals surface area contributed by atoms with Crippen LogP contribution in [0.25, 0.3) is 11.4 Å². The lowest BCUT2D eigenvalue weighted by atomic mass is 10.2. The number of hydrogen-bond donors (Lipinski definition) is 1. The number of amides is 2. The van der Waals surface area contributed by atoms with E-state index in [0.29, 0.717) is 18.0 Å². The first-order chi connectivity index (χ1) is 13.1. The van der Waals surface area contributed by atoms with Crippen LogP contribution in [-0.4, -0.2) is 34.0 Å². The fourth-order valence-electron chi connectivity index (χ4n) is 3.44. The molecule has 7 heteroatoms. The predicted molar refractivity (Wildman–Crippen MR) is 105 cm³/mol. The van der Waals surface area contributed by atoms with E-state index in [1.54, 1.807) is 12.0 Å². The molecule has 7 nitrogen and oxygen atoms in total. The van der Waals surface area contributed by atoms with Crippen molar-refractivity contribution in [1.82, 2.24) is 14.3 Å². The summed E-state index contributed by atoms with van der Waals surface area (Å²) in [5.41, 5.74) is 3.62. The largest absolute Gasteiger partial charge is 0.495 e. The summed E-state index contributed by atoms with van der Waals surface area (Å²) in [5.74, 6) is 1.45. The summed E-state index contributed by atoms with van der Waals surface area (Å²) >= 11 is 0.